The van der Waals surface area contributed by atoms with Gasteiger partial charge in [-0.15, -0.1) is 0 Å². The zero-order valence-electron chi connectivity index (χ0n) is 64.9. The number of rotatable bonds is 51. The molecule has 0 bridgehead atoms. The largest absolute Gasteiger partial charge is 0.652 e. The van der Waals surface area contributed by atoms with Crippen LogP contribution in [-0.4, -0.2) is 302 Å². The second kappa shape index (κ2) is 103. The molecule has 5 rings (SSSR count). The summed E-state index contributed by atoms with van der Waals surface area (Å²) in [5, 5.41) is 2.70. The molecule has 3 saturated heterocycles. The first kappa shape index (κ1) is 167. The van der Waals surface area contributed by atoms with Crippen LogP contribution in [0.5, 0.6) is 0 Å². The molecule has 25 atom stereocenters. The maximum Gasteiger partial charge on any atom is 0.195 e. The molecular formula is C60H63NO42Y18-18. The van der Waals surface area contributed by atoms with Gasteiger partial charge in [-0.2, -0.15) is 0 Å². The summed E-state index contributed by atoms with van der Waals surface area (Å²) in [6, 6.07) is -0.786. The van der Waals surface area contributed by atoms with Gasteiger partial charge >= 0.3 is 0 Å². The van der Waals surface area contributed by atoms with E-state index in [4.69, 9.17) is 104 Å². The Labute approximate surface area is 1150 Å². The average Bonchev–Trinajstić information content (AvgIpc) is 0.776. The van der Waals surface area contributed by atoms with Gasteiger partial charge in [-0.1, -0.05) is 110 Å². The molecule has 1 N–H and O–H groups in total. The summed E-state index contributed by atoms with van der Waals surface area (Å²) in [6.07, 6.45) is -29.5. The molecule has 121 heavy (non-hydrogen) atoms. The van der Waals surface area contributed by atoms with Crippen LogP contribution in [0.4, 0.5) is 0 Å². The molecule has 3 heterocycles. The zero-order chi connectivity index (χ0) is 76.2. The standard InChI is InChI=1S/2C23H23O17.C14H17NO8.18Y/c2*1-13(2)38-23-22(37-12-30)21(36-11-29)19(16(40-23)5-32-7-25)39-15-3-14(4-31-6-24)17(33-8-26)20(35-10-28)18(15)34-9-27;1-4-15-11-13(21-8-18)12(20-7-17)10(5-19-6-16)23-14(11)22-9(2)3;;;;;;;;;;;;;;;;;;/h2*13-23H,3-5H2,1-2H3;9-15H,1,5H2,2-3H3;;;;;;;;;;;;;;;;;;/q2*-7;-4;;;;;;;;;;;;;;;;;;/t14-,15+,16-,17-,18+,19-,20+,21+,22-,23?;14-,15-,16-,17+,18+,19-,20+,21+,22-,23?;10-,11-,12-,13-,14-;;;;;;;;;;;;;;;;;;/m111................../s1. The number of nitrogens with one attached hydrogen (secondary N) is 1. The van der Waals surface area contributed by atoms with E-state index in [2.05, 4.69) is 32.3 Å². The summed E-state index contributed by atoms with van der Waals surface area (Å²) >= 11 is 0. The first-order chi connectivity index (χ1) is 49.9. The molecule has 632 valence electrons. The van der Waals surface area contributed by atoms with Crippen LogP contribution in [0.2, 0.25) is 0 Å². The Morgan fingerprint density at radius 3 is 0.744 bits per heavy atom. The van der Waals surface area contributed by atoms with Crippen LogP contribution in [0, 0.1) is 18.0 Å². The number of hydrogen-bond donors (Lipinski definition) is 1. The first-order valence-corrected chi connectivity index (χ1v) is 29.7. The quantitative estimate of drug-likeness (QED) is 0.0336. The first-order valence-electron chi connectivity index (χ1n) is 29.7. The van der Waals surface area contributed by atoms with Gasteiger partial charge in [-0.3, -0.25) is 6.58 Å². The van der Waals surface area contributed by atoms with Crippen molar-refractivity contribution < 1.29 is 789 Å². The van der Waals surface area contributed by atoms with Crippen molar-refractivity contribution in [1.29, 1.82) is 0 Å². The van der Waals surface area contributed by atoms with Crippen LogP contribution in [0.1, 0.15) is 54.4 Å². The predicted molar refractivity (Wildman–Crippen MR) is 309 cm³/mol. The van der Waals surface area contributed by atoms with Gasteiger partial charge in [-0.05, 0) is 54.4 Å². The monoisotopic (exact) mass is 3070 g/mol. The molecule has 0 aromatic rings. The van der Waals surface area contributed by atoms with Crippen molar-refractivity contribution in [1.82, 2.24) is 5.32 Å². The average molecular weight is 3070 g/mol. The summed E-state index contributed by atoms with van der Waals surface area (Å²) in [7, 11) is 0. The molecule has 61 heteroatoms. The topological polar surface area (TPSA) is 533 Å². The van der Waals surface area contributed by atoms with E-state index in [-0.39, 0.29) is 614 Å². The van der Waals surface area contributed by atoms with E-state index < -0.39 is 191 Å². The van der Waals surface area contributed by atoms with Gasteiger partial charge in [0.05, 0.1) is 69.6 Å². The van der Waals surface area contributed by atoms with E-state index in [1.807, 2.05) is 0 Å². The fraction of sp³-hybridized carbons (Fsp3) is 0.683. The third-order valence-electron chi connectivity index (χ3n) is 14.9. The van der Waals surface area contributed by atoms with Crippen LogP contribution in [0.25, 0.3) is 0 Å². The van der Waals surface area contributed by atoms with Gasteiger partial charge in [-0.25, -0.2) is 0 Å². The van der Waals surface area contributed by atoms with Crippen LogP contribution < -0.4 is 5.32 Å². The number of carbonyl (C=O) groups excluding carboxylic acids is 17. The van der Waals surface area contributed by atoms with Crippen LogP contribution >= 0.6 is 0 Å². The molecule has 18 radical (unpaired) electrons. The van der Waals surface area contributed by atoms with Gasteiger partial charge in [0.25, 0.3) is 0 Å². The van der Waals surface area contributed by atoms with Crippen molar-refractivity contribution in [2.75, 3.05) is 33.0 Å². The summed E-state index contributed by atoms with van der Waals surface area (Å²) in [6.45, 7) is 31.5. The van der Waals surface area contributed by atoms with Gasteiger partial charge in [0.1, 0.15) is 104 Å². The third-order valence-corrected chi connectivity index (χ3v) is 14.9. The molecule has 0 spiro atoms. The SMILES string of the molecule is C=[C-]N[C@H]1[C@H](OC(C)C)O[C@H](CO[C-]=O)[C@@H](O[C-]=O)[C@@H]1O[C-]=O.CC(C)OC1O[C@H](CO[C-]=O)[C@@H](O[C@@H]2C[C@H](CO[C-]=O)[C@H](O[C-]=O)[C@H](O[C-]=O)[C@H]2O[C-]=O)[C@H](O[C-]=O)[C@H]1O[C-]=O.CC(C)OC1O[C@H](CO[C-]=O)[C@@H](O[C@H]2C[C@H](CO[C-]=O)[C@@H](O[C-]=O)[C@H](O[C-]=O)[C@H]2O[C-]=O)[C@H](O[C-]=O)[C@H]1O[C-]=O.[Y].[Y].[Y].[Y].[Y].[Y].[Y].[Y].[Y].[Y].[Y].[Y].[Y].[Y].[Y].[Y].[Y].[Y]. The molecule has 0 amide bonds. The van der Waals surface area contributed by atoms with Crippen molar-refractivity contribution in [3.05, 3.63) is 12.8 Å². The van der Waals surface area contributed by atoms with Gasteiger partial charge in [0.15, 0.2) is 18.9 Å². The van der Waals surface area contributed by atoms with Gasteiger partial charge < -0.3 is 211 Å². The molecule has 0 aromatic heterocycles. The van der Waals surface area contributed by atoms with Crippen LogP contribution in [-0.2, 0) is 789 Å². The number of hydrogen-bond acceptors (Lipinski definition) is 43. The molecule has 2 saturated carbocycles. The normalized spacial score (nSPS) is 27.8. The number of ether oxygens (including phenoxy) is 25. The predicted octanol–water partition coefficient (Wildman–Crippen LogP) is -6.34. The Morgan fingerprint density at radius 1 is 0.264 bits per heavy atom. The second-order valence-corrected chi connectivity index (χ2v) is 21.8. The Kier molecular flexibility index (Phi) is 143. The van der Waals surface area contributed by atoms with Crippen molar-refractivity contribution >= 4 is 110 Å². The van der Waals surface area contributed by atoms with Crippen molar-refractivity contribution in [2.24, 2.45) is 11.8 Å². The maximum atomic E-state index is 11.3. The molecule has 5 aliphatic rings. The Bertz CT molecular complexity index is 2540. The van der Waals surface area contributed by atoms with E-state index in [1.54, 1.807) is 41.5 Å². The van der Waals surface area contributed by atoms with E-state index >= 15 is 0 Å². The second-order valence-electron chi connectivity index (χ2n) is 21.8. The maximum absolute atomic E-state index is 11.3. The Hall–Kier alpha value is 10.1. The summed E-state index contributed by atoms with van der Waals surface area (Å²) in [5.74, 6) is -1.94. The molecule has 43 nitrogen and oxygen atoms in total. The Morgan fingerprint density at radius 2 is 0.479 bits per heavy atom. The van der Waals surface area contributed by atoms with Crippen LogP contribution in [0.15, 0.2) is 6.58 Å². The smallest absolute Gasteiger partial charge is 0.195 e. The van der Waals surface area contributed by atoms with Crippen molar-refractivity contribution in [2.45, 2.75) is 214 Å². The minimum atomic E-state index is -1.59. The Balaban J connectivity index is -0.0000000935. The van der Waals surface area contributed by atoms with Crippen LogP contribution in [0.3, 0.4) is 0 Å². The minimum absolute atomic E-state index is 0. The summed E-state index contributed by atoms with van der Waals surface area (Å²) < 4.78 is 128. The molecule has 2 unspecified atom stereocenters. The molecule has 2 aliphatic carbocycles. The fourth-order valence-electron chi connectivity index (χ4n) is 11.2. The third kappa shape index (κ3) is 59.7. The van der Waals surface area contributed by atoms with E-state index in [1.165, 1.54) is 97.1 Å². The molecule has 5 fully saturated rings. The van der Waals surface area contributed by atoms with Gasteiger partial charge in [0, 0.05) is 601 Å². The fourth-order valence-corrected chi connectivity index (χ4v) is 11.2. The van der Waals surface area contributed by atoms with E-state index in [0.717, 1.165) is 12.9 Å². The molecule has 0 aromatic carbocycles. The molecule has 3 aliphatic heterocycles. The van der Waals surface area contributed by atoms with E-state index in [9.17, 15) is 81.5 Å². The zero-order valence-corrected chi connectivity index (χ0v) is 116. The van der Waals surface area contributed by atoms with Gasteiger partial charge in [0.2, 0.25) is 0 Å². The van der Waals surface area contributed by atoms with Crippen molar-refractivity contribution in [3.63, 3.8) is 0 Å². The summed E-state index contributed by atoms with van der Waals surface area (Å²) in [5.41, 5.74) is 0. The van der Waals surface area contributed by atoms with Crippen molar-refractivity contribution in [3.8, 4) is 0 Å². The minimum Gasteiger partial charge on any atom is -0.652 e. The van der Waals surface area contributed by atoms with E-state index in [0.29, 0.717) is 0 Å². The molecular weight excluding hydrogens is 3010 g/mol. The summed E-state index contributed by atoms with van der Waals surface area (Å²) in [4.78, 5) is 186.